The summed E-state index contributed by atoms with van der Waals surface area (Å²) in [5.74, 6) is 0.722. The highest BCUT2D eigenvalue weighted by Gasteiger charge is 2.37. The van der Waals surface area contributed by atoms with Gasteiger partial charge >= 0.3 is 5.69 Å². The number of hydrogen-bond donors (Lipinski definition) is 0. The van der Waals surface area contributed by atoms with Crippen LogP contribution in [0, 0.1) is 0 Å². The van der Waals surface area contributed by atoms with Gasteiger partial charge in [-0.2, -0.15) is 0 Å². The van der Waals surface area contributed by atoms with E-state index < -0.39 is 14.0 Å². The van der Waals surface area contributed by atoms with E-state index >= 15 is 0 Å². The molecule has 0 saturated heterocycles. The molecular weight excluding hydrogens is 572 g/mol. The first-order chi connectivity index (χ1) is 15.3. The van der Waals surface area contributed by atoms with E-state index in [4.69, 9.17) is 9.16 Å². The summed E-state index contributed by atoms with van der Waals surface area (Å²) in [5.41, 5.74) is 0.867. The lowest BCUT2D eigenvalue weighted by atomic mass is 10.2. The third-order valence-corrected chi connectivity index (χ3v) is 12.1. The van der Waals surface area contributed by atoms with Gasteiger partial charge in [0.05, 0.1) is 31.3 Å². The van der Waals surface area contributed by atoms with Crippen molar-refractivity contribution in [3.05, 3.63) is 53.8 Å². The van der Waals surface area contributed by atoms with Gasteiger partial charge in [0.25, 0.3) is 5.56 Å². The van der Waals surface area contributed by atoms with Crippen molar-refractivity contribution in [2.75, 3.05) is 13.7 Å². The molecule has 11 heteroatoms. The predicted molar refractivity (Wildman–Crippen MR) is 140 cm³/mol. The minimum Gasteiger partial charge on any atom is -0.496 e. The highest BCUT2D eigenvalue weighted by molar-refractivity contribution is 9.10. The van der Waals surface area contributed by atoms with Crippen LogP contribution in [0.3, 0.4) is 0 Å². The number of ether oxygens (including phenoxy) is 1. The monoisotopic (exact) mass is 600 g/mol. The largest absolute Gasteiger partial charge is 0.496 e. The fourth-order valence-corrected chi connectivity index (χ4v) is 5.37. The number of halogens is 2. The molecule has 33 heavy (non-hydrogen) atoms. The summed E-state index contributed by atoms with van der Waals surface area (Å²) in [6.45, 7) is 11.9. The molecule has 0 amide bonds. The molecule has 0 spiro atoms. The van der Waals surface area contributed by atoms with Crippen LogP contribution in [0.2, 0.25) is 18.1 Å². The van der Waals surface area contributed by atoms with Gasteiger partial charge in [-0.25, -0.2) is 9.78 Å². The Morgan fingerprint density at radius 1 is 1.12 bits per heavy atom. The number of fused-ring (bicyclic) bond motifs is 1. The molecule has 0 radical (unpaired) electrons. The third kappa shape index (κ3) is 5.06. The number of imidazole rings is 1. The van der Waals surface area contributed by atoms with E-state index in [1.807, 2.05) is 18.2 Å². The number of hydrogen-bond acceptors (Lipinski definition) is 5. The second-order valence-corrected chi connectivity index (χ2v) is 15.9. The maximum Gasteiger partial charge on any atom is 0.332 e. The maximum atomic E-state index is 13.1. The lowest BCUT2D eigenvalue weighted by Crippen LogP contribution is -2.43. The highest BCUT2D eigenvalue weighted by Crippen LogP contribution is 2.36. The van der Waals surface area contributed by atoms with Gasteiger partial charge in [0.1, 0.15) is 5.75 Å². The number of methoxy groups -OCH3 is 1. The summed E-state index contributed by atoms with van der Waals surface area (Å²) in [6.07, 6.45) is 0. The molecule has 0 bridgehead atoms. The van der Waals surface area contributed by atoms with E-state index in [1.165, 1.54) is 11.6 Å². The Kier molecular flexibility index (Phi) is 7.47. The van der Waals surface area contributed by atoms with Crippen LogP contribution in [-0.4, -0.2) is 40.7 Å². The molecule has 0 aliphatic rings. The molecule has 3 rings (SSSR count). The third-order valence-electron chi connectivity index (χ3n) is 6.32. The quantitative estimate of drug-likeness (QED) is 0.294. The Hall–Kier alpha value is -1.69. The van der Waals surface area contributed by atoms with Crippen LogP contribution in [0.15, 0.2) is 37.0 Å². The first kappa shape index (κ1) is 25.9. The average Bonchev–Trinajstić information content (AvgIpc) is 3.04. The van der Waals surface area contributed by atoms with Gasteiger partial charge in [0.2, 0.25) is 0 Å². The summed E-state index contributed by atoms with van der Waals surface area (Å²) in [7, 11) is 1.13. The van der Waals surface area contributed by atoms with E-state index in [0.29, 0.717) is 35.6 Å². The Labute approximate surface area is 210 Å². The van der Waals surface area contributed by atoms with Crippen molar-refractivity contribution < 1.29 is 9.16 Å². The number of nitrogens with zero attached hydrogens (tertiary/aromatic N) is 4. The number of benzene rings is 1. The molecule has 0 aliphatic heterocycles. The SMILES string of the molecule is COc1ccc(Cn2c(Br)nc3c2c(=O)n(C)c(=O)n3CCO[Si](C)(C)C(C)(C)C)cc1Br. The normalized spacial score (nSPS) is 12.5. The highest BCUT2D eigenvalue weighted by atomic mass is 79.9. The summed E-state index contributed by atoms with van der Waals surface area (Å²) < 4.78 is 17.3. The van der Waals surface area contributed by atoms with Crippen molar-refractivity contribution in [2.45, 2.75) is 52.0 Å². The molecule has 0 saturated carbocycles. The zero-order chi connectivity index (χ0) is 24.7. The Balaban J connectivity index is 2.03. The van der Waals surface area contributed by atoms with Gasteiger partial charge in [-0.15, -0.1) is 0 Å². The minimum absolute atomic E-state index is 0.0636. The first-order valence-electron chi connectivity index (χ1n) is 10.6. The standard InChI is InChI=1S/C22H30Br2N4O4Si/c1-22(2,3)33(6,7)32-11-10-27-18-17(19(29)26(4)21(27)30)28(20(24)25-18)13-14-8-9-16(31-5)15(23)12-14/h8-9,12H,10-11,13H2,1-7H3. The summed E-state index contributed by atoms with van der Waals surface area (Å²) in [4.78, 5) is 30.6. The fraction of sp³-hybridized carbons (Fsp3) is 0.500. The van der Waals surface area contributed by atoms with Crippen molar-refractivity contribution in [1.82, 2.24) is 18.7 Å². The smallest absolute Gasteiger partial charge is 0.332 e. The van der Waals surface area contributed by atoms with Crippen LogP contribution in [-0.2, 0) is 24.6 Å². The Bertz CT molecular complexity index is 1300. The lowest BCUT2D eigenvalue weighted by molar-refractivity contribution is 0.270. The summed E-state index contributed by atoms with van der Waals surface area (Å²) in [5, 5.41) is 0.0636. The van der Waals surface area contributed by atoms with E-state index in [2.05, 4.69) is 70.7 Å². The Morgan fingerprint density at radius 2 is 1.79 bits per heavy atom. The molecule has 0 fully saturated rings. The van der Waals surface area contributed by atoms with Crippen LogP contribution >= 0.6 is 31.9 Å². The molecule has 0 N–H and O–H groups in total. The van der Waals surface area contributed by atoms with Crippen molar-refractivity contribution >= 4 is 51.3 Å². The summed E-state index contributed by atoms with van der Waals surface area (Å²) in [6, 6.07) is 5.72. The fourth-order valence-electron chi connectivity index (χ4n) is 3.28. The summed E-state index contributed by atoms with van der Waals surface area (Å²) >= 11 is 6.99. The van der Waals surface area contributed by atoms with E-state index in [-0.39, 0.29) is 10.6 Å². The maximum absolute atomic E-state index is 13.1. The Morgan fingerprint density at radius 3 is 2.36 bits per heavy atom. The van der Waals surface area contributed by atoms with Crippen molar-refractivity contribution in [3.63, 3.8) is 0 Å². The second-order valence-electron chi connectivity index (χ2n) is 9.52. The van der Waals surface area contributed by atoms with Crippen LogP contribution < -0.4 is 16.0 Å². The molecule has 0 aliphatic carbocycles. The van der Waals surface area contributed by atoms with Crippen LogP contribution in [0.4, 0.5) is 0 Å². The van der Waals surface area contributed by atoms with Gasteiger partial charge in [-0.3, -0.25) is 13.9 Å². The molecular formula is C22H30Br2N4O4Si. The first-order valence-corrected chi connectivity index (χ1v) is 15.1. The molecule has 3 aromatic rings. The molecule has 0 unspecified atom stereocenters. The van der Waals surface area contributed by atoms with Crippen molar-refractivity contribution in [3.8, 4) is 5.75 Å². The van der Waals surface area contributed by atoms with Gasteiger partial charge in [0.15, 0.2) is 24.2 Å². The van der Waals surface area contributed by atoms with Gasteiger partial charge in [0, 0.05) is 7.05 Å². The second kappa shape index (κ2) is 9.51. The van der Waals surface area contributed by atoms with E-state index in [1.54, 1.807) is 11.7 Å². The van der Waals surface area contributed by atoms with E-state index in [9.17, 15) is 9.59 Å². The zero-order valence-corrected chi connectivity index (χ0v) is 24.2. The van der Waals surface area contributed by atoms with Gasteiger partial charge < -0.3 is 13.7 Å². The minimum atomic E-state index is -1.97. The van der Waals surface area contributed by atoms with Crippen LogP contribution in [0.1, 0.15) is 26.3 Å². The van der Waals surface area contributed by atoms with Crippen LogP contribution in [0.5, 0.6) is 5.75 Å². The molecule has 180 valence electrons. The van der Waals surface area contributed by atoms with E-state index in [0.717, 1.165) is 20.4 Å². The number of rotatable bonds is 7. The van der Waals surface area contributed by atoms with Gasteiger partial charge in [-0.05, 0) is 67.7 Å². The van der Waals surface area contributed by atoms with Crippen molar-refractivity contribution in [1.29, 1.82) is 0 Å². The lowest BCUT2D eigenvalue weighted by Gasteiger charge is -2.36. The topological polar surface area (TPSA) is 80.3 Å². The molecule has 8 nitrogen and oxygen atoms in total. The molecule has 2 heterocycles. The molecule has 0 atom stereocenters. The molecule has 2 aromatic heterocycles. The zero-order valence-electron chi connectivity index (χ0n) is 20.0. The van der Waals surface area contributed by atoms with Crippen LogP contribution in [0.25, 0.3) is 11.2 Å². The predicted octanol–water partition coefficient (Wildman–Crippen LogP) is 4.50. The van der Waals surface area contributed by atoms with Gasteiger partial charge in [-0.1, -0.05) is 26.8 Å². The number of aromatic nitrogens is 4. The average molecular weight is 602 g/mol. The molecule has 1 aromatic carbocycles. The van der Waals surface area contributed by atoms with Crippen molar-refractivity contribution in [2.24, 2.45) is 7.05 Å².